The standard InChI is InChI=1S/C19H20FN5O2.2ClH/c1-11-16(21)7-8-17(23-11)15-10-22-25(3)18(15)24-19(26)27-12(2)13-5-4-6-14(20)9-13;;/h4-10,12H,21H2,1-3H3,(H,24,26);2*1H/t12-;;/m1../s1. The second-order valence-corrected chi connectivity index (χ2v) is 6.13. The molecule has 0 aliphatic heterocycles. The summed E-state index contributed by atoms with van der Waals surface area (Å²) in [5.74, 6) is 0.0465. The highest BCUT2D eigenvalue weighted by Gasteiger charge is 2.18. The van der Waals surface area contributed by atoms with Gasteiger partial charge in [0.15, 0.2) is 0 Å². The molecule has 3 rings (SSSR count). The summed E-state index contributed by atoms with van der Waals surface area (Å²) in [7, 11) is 1.69. The number of rotatable bonds is 4. The van der Waals surface area contributed by atoms with E-state index in [-0.39, 0.29) is 30.6 Å². The van der Waals surface area contributed by atoms with Gasteiger partial charge in [-0.15, -0.1) is 24.8 Å². The maximum absolute atomic E-state index is 13.3. The zero-order chi connectivity index (χ0) is 19.6. The highest BCUT2D eigenvalue weighted by molar-refractivity contribution is 5.89. The number of benzene rings is 1. The molecule has 0 bridgehead atoms. The third-order valence-corrected chi connectivity index (χ3v) is 4.16. The molecule has 0 saturated carbocycles. The molecule has 0 aliphatic rings. The molecular formula is C19H22Cl2FN5O2. The maximum Gasteiger partial charge on any atom is 0.413 e. The number of anilines is 2. The van der Waals surface area contributed by atoms with Crippen LogP contribution in [0.5, 0.6) is 0 Å². The monoisotopic (exact) mass is 441 g/mol. The number of carbonyl (C=O) groups excluding carboxylic acids is 1. The van der Waals surface area contributed by atoms with Gasteiger partial charge in [-0.1, -0.05) is 12.1 Å². The van der Waals surface area contributed by atoms with E-state index in [4.69, 9.17) is 10.5 Å². The summed E-state index contributed by atoms with van der Waals surface area (Å²) in [5, 5.41) is 6.85. The Balaban J connectivity index is 0.00000210. The van der Waals surface area contributed by atoms with E-state index < -0.39 is 12.2 Å². The Hall–Kier alpha value is -2.84. The minimum atomic E-state index is -0.677. The van der Waals surface area contributed by atoms with Crippen LogP contribution in [0.2, 0.25) is 0 Å². The van der Waals surface area contributed by atoms with Crippen molar-refractivity contribution in [1.29, 1.82) is 0 Å². The van der Waals surface area contributed by atoms with Crippen molar-refractivity contribution in [2.75, 3.05) is 11.1 Å². The van der Waals surface area contributed by atoms with Gasteiger partial charge in [-0.25, -0.2) is 9.18 Å². The first kappa shape index (κ1) is 24.2. The molecule has 0 unspecified atom stereocenters. The number of carbonyl (C=O) groups is 1. The second-order valence-electron chi connectivity index (χ2n) is 6.13. The lowest BCUT2D eigenvalue weighted by atomic mass is 10.1. The third-order valence-electron chi connectivity index (χ3n) is 4.16. The van der Waals surface area contributed by atoms with Crippen molar-refractivity contribution >= 4 is 42.4 Å². The minimum absolute atomic E-state index is 0. The number of nitrogens with one attached hydrogen (secondary N) is 1. The quantitative estimate of drug-likeness (QED) is 0.613. The number of nitrogens with two attached hydrogens (primary N) is 1. The van der Waals surface area contributed by atoms with Gasteiger partial charge in [0.1, 0.15) is 17.7 Å². The van der Waals surface area contributed by atoms with Crippen LogP contribution in [0.15, 0.2) is 42.6 Å². The number of pyridine rings is 1. The molecule has 0 radical (unpaired) electrons. The summed E-state index contributed by atoms with van der Waals surface area (Å²) in [4.78, 5) is 16.8. The van der Waals surface area contributed by atoms with Crippen molar-refractivity contribution in [1.82, 2.24) is 14.8 Å². The van der Waals surface area contributed by atoms with Gasteiger partial charge in [-0.2, -0.15) is 5.10 Å². The Kier molecular flexibility index (Phi) is 8.42. The second kappa shape index (κ2) is 10.1. The van der Waals surface area contributed by atoms with E-state index in [2.05, 4.69) is 15.4 Å². The first-order chi connectivity index (χ1) is 12.8. The largest absolute Gasteiger partial charge is 0.441 e. The minimum Gasteiger partial charge on any atom is -0.441 e. The van der Waals surface area contributed by atoms with Crippen molar-refractivity contribution in [3.8, 4) is 11.3 Å². The molecule has 1 amide bonds. The number of halogens is 3. The van der Waals surface area contributed by atoms with Gasteiger partial charge in [0.2, 0.25) is 0 Å². The van der Waals surface area contributed by atoms with Crippen LogP contribution in [-0.2, 0) is 11.8 Å². The molecule has 10 heteroatoms. The van der Waals surface area contributed by atoms with E-state index in [0.29, 0.717) is 34.0 Å². The Morgan fingerprint density at radius 2 is 2.00 bits per heavy atom. The Morgan fingerprint density at radius 3 is 2.66 bits per heavy atom. The van der Waals surface area contributed by atoms with Crippen molar-refractivity contribution < 1.29 is 13.9 Å². The van der Waals surface area contributed by atoms with Crippen molar-refractivity contribution in [2.24, 2.45) is 7.05 Å². The Bertz CT molecular complexity index is 996. The fraction of sp³-hybridized carbons (Fsp3) is 0.211. The van der Waals surface area contributed by atoms with Crippen LogP contribution in [-0.4, -0.2) is 20.9 Å². The van der Waals surface area contributed by atoms with Crippen LogP contribution in [0.25, 0.3) is 11.3 Å². The molecular weight excluding hydrogens is 420 g/mol. The SMILES string of the molecule is Cc1nc(-c2cnn(C)c2NC(=O)O[C@H](C)c2cccc(F)c2)ccc1N.Cl.Cl. The van der Waals surface area contributed by atoms with Crippen molar-refractivity contribution in [3.63, 3.8) is 0 Å². The molecule has 0 aliphatic carbocycles. The first-order valence-electron chi connectivity index (χ1n) is 8.33. The normalized spacial score (nSPS) is 11.0. The molecule has 156 valence electrons. The van der Waals surface area contributed by atoms with Crippen LogP contribution in [0.3, 0.4) is 0 Å². The van der Waals surface area contributed by atoms with Gasteiger partial charge in [0, 0.05) is 7.05 Å². The number of ether oxygens (including phenoxy) is 1. The molecule has 1 atom stereocenters. The number of hydrogen-bond donors (Lipinski definition) is 2. The van der Waals surface area contributed by atoms with Crippen LogP contribution in [0.4, 0.5) is 20.7 Å². The van der Waals surface area contributed by atoms with E-state index in [1.165, 1.54) is 16.8 Å². The van der Waals surface area contributed by atoms with E-state index in [9.17, 15) is 9.18 Å². The summed E-state index contributed by atoms with van der Waals surface area (Å²) < 4.78 is 20.2. The van der Waals surface area contributed by atoms with E-state index in [1.807, 2.05) is 0 Å². The van der Waals surface area contributed by atoms with Crippen LogP contribution < -0.4 is 11.1 Å². The molecule has 29 heavy (non-hydrogen) atoms. The lowest BCUT2D eigenvalue weighted by Crippen LogP contribution is -2.18. The third kappa shape index (κ3) is 5.58. The fourth-order valence-corrected chi connectivity index (χ4v) is 2.61. The van der Waals surface area contributed by atoms with Gasteiger partial charge < -0.3 is 10.5 Å². The summed E-state index contributed by atoms with van der Waals surface area (Å²) in [6.45, 7) is 3.47. The van der Waals surface area contributed by atoms with Gasteiger partial charge >= 0.3 is 6.09 Å². The fourth-order valence-electron chi connectivity index (χ4n) is 2.61. The zero-order valence-electron chi connectivity index (χ0n) is 16.0. The summed E-state index contributed by atoms with van der Waals surface area (Å²) in [5.41, 5.74) is 8.90. The summed E-state index contributed by atoms with van der Waals surface area (Å²) >= 11 is 0. The van der Waals surface area contributed by atoms with Gasteiger partial charge in [-0.05, 0) is 43.7 Å². The molecule has 1 aromatic carbocycles. The van der Waals surface area contributed by atoms with Crippen LogP contribution in [0.1, 0.15) is 24.3 Å². The molecule has 0 fully saturated rings. The molecule has 2 aromatic heterocycles. The lowest BCUT2D eigenvalue weighted by molar-refractivity contribution is 0.121. The van der Waals surface area contributed by atoms with Crippen LogP contribution in [0, 0.1) is 12.7 Å². The first-order valence-corrected chi connectivity index (χ1v) is 8.33. The van der Waals surface area contributed by atoms with Crippen LogP contribution >= 0.6 is 24.8 Å². The lowest BCUT2D eigenvalue weighted by Gasteiger charge is -2.15. The average Bonchev–Trinajstić information content (AvgIpc) is 2.98. The molecule has 2 heterocycles. The molecule has 3 aromatic rings. The maximum atomic E-state index is 13.3. The molecule has 3 N–H and O–H groups in total. The van der Waals surface area contributed by atoms with Crippen molar-refractivity contribution in [2.45, 2.75) is 20.0 Å². The topological polar surface area (TPSA) is 95.1 Å². The average molecular weight is 442 g/mol. The molecule has 7 nitrogen and oxygen atoms in total. The van der Waals surface area contributed by atoms with Gasteiger partial charge in [0.05, 0.1) is 28.8 Å². The predicted molar refractivity (Wildman–Crippen MR) is 115 cm³/mol. The summed E-state index contributed by atoms with van der Waals surface area (Å²) in [6, 6.07) is 9.42. The van der Waals surface area contributed by atoms with E-state index in [1.54, 1.807) is 51.4 Å². The smallest absolute Gasteiger partial charge is 0.413 e. The van der Waals surface area contributed by atoms with Gasteiger partial charge in [0.25, 0.3) is 0 Å². The number of amides is 1. The van der Waals surface area contributed by atoms with E-state index in [0.717, 1.165) is 0 Å². The number of nitrogen functional groups attached to an aromatic ring is 1. The number of aryl methyl sites for hydroxylation is 2. The Morgan fingerprint density at radius 1 is 1.28 bits per heavy atom. The van der Waals surface area contributed by atoms with Crippen molar-refractivity contribution in [3.05, 3.63) is 59.7 Å². The van der Waals surface area contributed by atoms with Gasteiger partial charge in [-0.3, -0.25) is 15.0 Å². The summed E-state index contributed by atoms with van der Waals surface area (Å²) in [6.07, 6.45) is 0.307. The zero-order valence-corrected chi connectivity index (χ0v) is 17.7. The van der Waals surface area contributed by atoms with E-state index >= 15 is 0 Å². The highest BCUT2D eigenvalue weighted by atomic mass is 35.5. The molecule has 0 spiro atoms. The molecule has 0 saturated heterocycles. The number of hydrogen-bond acceptors (Lipinski definition) is 5. The number of aromatic nitrogens is 3. The highest BCUT2D eigenvalue weighted by Crippen LogP contribution is 2.28. The number of nitrogens with zero attached hydrogens (tertiary/aromatic N) is 3. The Labute approximate surface area is 180 Å². The predicted octanol–water partition coefficient (Wildman–Crippen LogP) is 4.67.